The highest BCUT2D eigenvalue weighted by atomic mass is 32.1. The van der Waals surface area contributed by atoms with E-state index in [9.17, 15) is 9.59 Å². The lowest BCUT2D eigenvalue weighted by Crippen LogP contribution is -2.33. The second-order valence-electron chi connectivity index (χ2n) is 5.76. The first-order chi connectivity index (χ1) is 12.7. The van der Waals surface area contributed by atoms with E-state index in [-0.39, 0.29) is 13.2 Å². The van der Waals surface area contributed by atoms with Gasteiger partial charge in [-0.05, 0) is 36.9 Å². The van der Waals surface area contributed by atoms with Crippen molar-refractivity contribution < 1.29 is 19.1 Å². The van der Waals surface area contributed by atoms with Crippen LogP contribution in [0.2, 0.25) is 0 Å². The Morgan fingerprint density at radius 2 is 1.73 bits per heavy atom. The van der Waals surface area contributed by atoms with Crippen LogP contribution in [0.15, 0.2) is 48.0 Å². The van der Waals surface area contributed by atoms with Crippen molar-refractivity contribution in [3.63, 3.8) is 0 Å². The highest BCUT2D eigenvalue weighted by Gasteiger charge is 2.41. The van der Waals surface area contributed by atoms with Gasteiger partial charge in [0.25, 0.3) is 0 Å². The van der Waals surface area contributed by atoms with Crippen molar-refractivity contribution in [2.24, 2.45) is 5.92 Å². The molecule has 3 aromatic rings. The summed E-state index contributed by atoms with van der Waals surface area (Å²) >= 11 is 1.51. The van der Waals surface area contributed by atoms with Crippen LogP contribution in [0.4, 0.5) is 0 Å². The molecule has 0 bridgehead atoms. The van der Waals surface area contributed by atoms with Crippen molar-refractivity contribution in [3.05, 3.63) is 58.4 Å². The number of fused-ring (bicyclic) bond motifs is 1. The third-order valence-electron chi connectivity index (χ3n) is 4.22. The van der Waals surface area contributed by atoms with E-state index in [1.807, 2.05) is 48.0 Å². The molecule has 2 aromatic heterocycles. The van der Waals surface area contributed by atoms with Crippen molar-refractivity contribution >= 4 is 34.2 Å². The van der Waals surface area contributed by atoms with Crippen molar-refractivity contribution in [2.75, 3.05) is 13.2 Å². The monoisotopic (exact) mass is 371 g/mol. The number of aromatic amines is 1. The SMILES string of the molecule is CCOC(=O)C(C(=O)OCC)[C@@H](c1cccs1)c1c[nH]c2ccccc12. The molecule has 0 aliphatic rings. The minimum absolute atomic E-state index is 0.208. The molecule has 3 rings (SSSR count). The standard InChI is InChI=1S/C20H21NO4S/c1-3-24-19(22)18(20(23)25-4-2)17(16-10-7-11-26-16)14-12-21-15-9-6-5-8-13(14)15/h5-12,17-18,21H,3-4H2,1-2H3/t17-/m1/s1. The molecule has 0 aliphatic heterocycles. The first-order valence-electron chi connectivity index (χ1n) is 8.60. The molecular formula is C20H21NO4S. The fourth-order valence-electron chi connectivity index (χ4n) is 3.15. The maximum absolute atomic E-state index is 12.7. The van der Waals surface area contributed by atoms with E-state index in [1.54, 1.807) is 13.8 Å². The number of carbonyl (C=O) groups is 2. The van der Waals surface area contributed by atoms with Gasteiger partial charge in [-0.2, -0.15) is 0 Å². The Hall–Kier alpha value is -2.60. The summed E-state index contributed by atoms with van der Waals surface area (Å²) in [5, 5.41) is 2.91. The van der Waals surface area contributed by atoms with Gasteiger partial charge in [0.15, 0.2) is 5.92 Å². The van der Waals surface area contributed by atoms with Gasteiger partial charge in [-0.15, -0.1) is 11.3 Å². The molecule has 0 saturated carbocycles. The number of carbonyl (C=O) groups excluding carboxylic acids is 2. The second-order valence-corrected chi connectivity index (χ2v) is 6.74. The highest BCUT2D eigenvalue weighted by Crippen LogP contribution is 2.39. The molecule has 0 spiro atoms. The van der Waals surface area contributed by atoms with Crippen LogP contribution in [-0.2, 0) is 19.1 Å². The number of hydrogen-bond acceptors (Lipinski definition) is 5. The molecule has 2 heterocycles. The first kappa shape index (κ1) is 18.2. The van der Waals surface area contributed by atoms with Gasteiger partial charge in [0.2, 0.25) is 0 Å². The largest absolute Gasteiger partial charge is 0.465 e. The van der Waals surface area contributed by atoms with Gasteiger partial charge >= 0.3 is 11.9 Å². The number of rotatable bonds is 7. The summed E-state index contributed by atoms with van der Waals surface area (Å²) in [7, 11) is 0. The summed E-state index contributed by atoms with van der Waals surface area (Å²) in [5.74, 6) is -2.64. The van der Waals surface area contributed by atoms with E-state index in [0.29, 0.717) is 0 Å². The number of esters is 2. The smallest absolute Gasteiger partial charge is 0.321 e. The molecular weight excluding hydrogens is 350 g/mol. The minimum atomic E-state index is -1.05. The summed E-state index contributed by atoms with van der Waals surface area (Å²) < 4.78 is 10.4. The zero-order valence-electron chi connectivity index (χ0n) is 14.7. The molecule has 136 valence electrons. The van der Waals surface area contributed by atoms with Gasteiger partial charge in [0.1, 0.15) is 0 Å². The summed E-state index contributed by atoms with van der Waals surface area (Å²) in [6.07, 6.45) is 1.86. The molecule has 0 unspecified atom stereocenters. The highest BCUT2D eigenvalue weighted by molar-refractivity contribution is 7.10. The van der Waals surface area contributed by atoms with Crippen molar-refractivity contribution in [3.8, 4) is 0 Å². The summed E-state index contributed by atoms with van der Waals surface area (Å²) in [6.45, 7) is 3.87. The van der Waals surface area contributed by atoms with E-state index >= 15 is 0 Å². The maximum atomic E-state index is 12.7. The molecule has 6 heteroatoms. The van der Waals surface area contributed by atoms with Crippen LogP contribution < -0.4 is 0 Å². The molecule has 0 radical (unpaired) electrons. The Balaban J connectivity index is 2.15. The number of H-pyrrole nitrogens is 1. The predicted octanol–water partition coefficient (Wildman–Crippen LogP) is 4.10. The van der Waals surface area contributed by atoms with Gasteiger partial charge in [-0.3, -0.25) is 9.59 Å². The van der Waals surface area contributed by atoms with Crippen LogP contribution in [0.3, 0.4) is 0 Å². The van der Waals surface area contributed by atoms with Crippen LogP contribution in [0.25, 0.3) is 10.9 Å². The Bertz CT molecular complexity index is 866. The zero-order valence-corrected chi connectivity index (χ0v) is 15.5. The Morgan fingerprint density at radius 3 is 2.35 bits per heavy atom. The Labute approximate surface area is 155 Å². The number of thiophene rings is 1. The lowest BCUT2D eigenvalue weighted by atomic mass is 9.84. The number of para-hydroxylation sites is 1. The molecule has 5 nitrogen and oxygen atoms in total. The number of nitrogens with one attached hydrogen (secondary N) is 1. The third-order valence-corrected chi connectivity index (χ3v) is 5.18. The molecule has 26 heavy (non-hydrogen) atoms. The zero-order chi connectivity index (χ0) is 18.5. The van der Waals surface area contributed by atoms with E-state index in [0.717, 1.165) is 21.3 Å². The quantitative estimate of drug-likeness (QED) is 0.501. The number of ether oxygens (including phenoxy) is 2. The Kier molecular flexibility index (Phi) is 5.73. The minimum Gasteiger partial charge on any atom is -0.465 e. The molecule has 0 amide bonds. The fourth-order valence-corrected chi connectivity index (χ4v) is 4.03. The number of hydrogen-bond donors (Lipinski definition) is 1. The topological polar surface area (TPSA) is 68.4 Å². The van der Waals surface area contributed by atoms with Crippen LogP contribution in [-0.4, -0.2) is 30.1 Å². The second kappa shape index (κ2) is 8.19. The van der Waals surface area contributed by atoms with Crippen LogP contribution >= 0.6 is 11.3 Å². The predicted molar refractivity (Wildman–Crippen MR) is 101 cm³/mol. The van der Waals surface area contributed by atoms with Crippen molar-refractivity contribution in [2.45, 2.75) is 19.8 Å². The first-order valence-corrected chi connectivity index (χ1v) is 9.48. The summed E-state index contributed by atoms with van der Waals surface area (Å²) in [5.41, 5.74) is 1.84. The van der Waals surface area contributed by atoms with Crippen LogP contribution in [0.1, 0.15) is 30.2 Å². The van der Waals surface area contributed by atoms with Gasteiger partial charge in [0.05, 0.1) is 13.2 Å². The van der Waals surface area contributed by atoms with Gasteiger partial charge < -0.3 is 14.5 Å². The average molecular weight is 371 g/mol. The van der Waals surface area contributed by atoms with E-state index in [4.69, 9.17) is 9.47 Å². The summed E-state index contributed by atoms with van der Waals surface area (Å²) in [6, 6.07) is 11.7. The lowest BCUT2D eigenvalue weighted by Gasteiger charge is -2.23. The number of benzene rings is 1. The molecule has 0 aliphatic carbocycles. The average Bonchev–Trinajstić information content (AvgIpc) is 3.30. The molecule has 1 N–H and O–H groups in total. The Morgan fingerprint density at radius 1 is 1.04 bits per heavy atom. The van der Waals surface area contributed by atoms with Gasteiger partial charge in [-0.1, -0.05) is 24.3 Å². The molecule has 0 saturated heterocycles. The van der Waals surface area contributed by atoms with Crippen molar-refractivity contribution in [1.29, 1.82) is 0 Å². The van der Waals surface area contributed by atoms with E-state index < -0.39 is 23.8 Å². The van der Waals surface area contributed by atoms with Gasteiger partial charge in [0, 0.05) is 27.9 Å². The molecule has 1 aromatic carbocycles. The maximum Gasteiger partial charge on any atom is 0.321 e. The van der Waals surface area contributed by atoms with E-state index in [2.05, 4.69) is 4.98 Å². The number of aromatic nitrogens is 1. The molecule has 1 atom stereocenters. The summed E-state index contributed by atoms with van der Waals surface area (Å²) in [4.78, 5) is 29.5. The lowest BCUT2D eigenvalue weighted by molar-refractivity contribution is -0.162. The van der Waals surface area contributed by atoms with Crippen LogP contribution in [0, 0.1) is 5.92 Å². The van der Waals surface area contributed by atoms with Crippen molar-refractivity contribution in [1.82, 2.24) is 4.98 Å². The van der Waals surface area contributed by atoms with Crippen LogP contribution in [0.5, 0.6) is 0 Å². The fraction of sp³-hybridized carbons (Fsp3) is 0.300. The van der Waals surface area contributed by atoms with Gasteiger partial charge in [-0.25, -0.2) is 0 Å². The third kappa shape index (κ3) is 3.51. The normalized spacial score (nSPS) is 12.3. The molecule has 0 fully saturated rings. The van der Waals surface area contributed by atoms with E-state index in [1.165, 1.54) is 11.3 Å².